The summed E-state index contributed by atoms with van der Waals surface area (Å²) in [6.07, 6.45) is 1.96. The first-order valence-electron chi connectivity index (χ1n) is 6.06. The fourth-order valence-corrected chi connectivity index (χ4v) is 2.35. The SMILES string of the molecule is CC(C)(O)Cc1ccc(C2CCNC2)cc1. The predicted molar refractivity (Wildman–Crippen MR) is 66.7 cm³/mol. The summed E-state index contributed by atoms with van der Waals surface area (Å²) in [7, 11) is 0. The summed E-state index contributed by atoms with van der Waals surface area (Å²) in [6, 6.07) is 8.70. The number of aliphatic hydroxyl groups is 1. The zero-order valence-electron chi connectivity index (χ0n) is 10.2. The molecule has 0 aromatic heterocycles. The Morgan fingerprint density at radius 1 is 1.31 bits per heavy atom. The second kappa shape index (κ2) is 4.56. The molecule has 0 bridgehead atoms. The molecular weight excluding hydrogens is 198 g/mol. The van der Waals surface area contributed by atoms with Gasteiger partial charge in [0, 0.05) is 13.0 Å². The van der Waals surface area contributed by atoms with Crippen LogP contribution in [0.15, 0.2) is 24.3 Å². The molecule has 2 nitrogen and oxygen atoms in total. The average Bonchev–Trinajstić information content (AvgIpc) is 2.69. The highest BCUT2D eigenvalue weighted by molar-refractivity contribution is 5.27. The number of rotatable bonds is 3. The van der Waals surface area contributed by atoms with Gasteiger partial charge in [0.05, 0.1) is 5.60 Å². The summed E-state index contributed by atoms with van der Waals surface area (Å²) in [4.78, 5) is 0. The van der Waals surface area contributed by atoms with E-state index in [4.69, 9.17) is 0 Å². The molecule has 1 saturated heterocycles. The van der Waals surface area contributed by atoms with E-state index in [2.05, 4.69) is 29.6 Å². The van der Waals surface area contributed by atoms with Crippen molar-refractivity contribution in [3.63, 3.8) is 0 Å². The third-order valence-electron chi connectivity index (χ3n) is 3.15. The standard InChI is InChI=1S/C14H21NO/c1-14(2,16)9-11-3-5-12(6-4-11)13-7-8-15-10-13/h3-6,13,15-16H,7-10H2,1-2H3. The maximum Gasteiger partial charge on any atom is 0.0631 e. The van der Waals surface area contributed by atoms with Gasteiger partial charge in [0.2, 0.25) is 0 Å². The normalized spacial score (nSPS) is 21.3. The van der Waals surface area contributed by atoms with Crippen LogP contribution in [0.3, 0.4) is 0 Å². The second-order valence-corrected chi connectivity index (χ2v) is 5.42. The van der Waals surface area contributed by atoms with E-state index in [1.165, 1.54) is 17.5 Å². The number of hydrogen-bond acceptors (Lipinski definition) is 2. The summed E-state index contributed by atoms with van der Waals surface area (Å²) >= 11 is 0. The molecular formula is C14H21NO. The fraction of sp³-hybridized carbons (Fsp3) is 0.571. The topological polar surface area (TPSA) is 32.3 Å². The summed E-state index contributed by atoms with van der Waals surface area (Å²) in [5.41, 5.74) is 2.02. The smallest absolute Gasteiger partial charge is 0.0631 e. The van der Waals surface area contributed by atoms with Crippen molar-refractivity contribution < 1.29 is 5.11 Å². The Hall–Kier alpha value is -0.860. The first kappa shape index (κ1) is 11.6. The largest absolute Gasteiger partial charge is 0.390 e. The van der Waals surface area contributed by atoms with Gasteiger partial charge in [-0.25, -0.2) is 0 Å². The van der Waals surface area contributed by atoms with Crippen molar-refractivity contribution in [1.82, 2.24) is 5.32 Å². The second-order valence-electron chi connectivity index (χ2n) is 5.42. The van der Waals surface area contributed by atoms with Gasteiger partial charge < -0.3 is 10.4 Å². The zero-order chi connectivity index (χ0) is 11.6. The molecule has 1 fully saturated rings. The van der Waals surface area contributed by atoms with Gasteiger partial charge in [-0.1, -0.05) is 24.3 Å². The lowest BCUT2D eigenvalue weighted by molar-refractivity contribution is 0.0810. The third kappa shape index (κ3) is 3.06. The van der Waals surface area contributed by atoms with E-state index in [1.807, 2.05) is 13.8 Å². The van der Waals surface area contributed by atoms with Crippen LogP contribution in [0, 0.1) is 0 Å². The lowest BCUT2D eigenvalue weighted by Gasteiger charge is -2.17. The van der Waals surface area contributed by atoms with E-state index in [0.717, 1.165) is 19.5 Å². The highest BCUT2D eigenvalue weighted by Crippen LogP contribution is 2.23. The van der Waals surface area contributed by atoms with Crippen molar-refractivity contribution in [3.8, 4) is 0 Å². The quantitative estimate of drug-likeness (QED) is 0.815. The minimum absolute atomic E-state index is 0.615. The van der Waals surface area contributed by atoms with Gasteiger partial charge in [-0.3, -0.25) is 0 Å². The molecule has 0 aliphatic carbocycles. The average molecular weight is 219 g/mol. The summed E-state index contributed by atoms with van der Waals surface area (Å²) < 4.78 is 0. The molecule has 0 amide bonds. The van der Waals surface area contributed by atoms with E-state index < -0.39 is 5.60 Å². The minimum atomic E-state index is -0.615. The molecule has 1 aliphatic heterocycles. The van der Waals surface area contributed by atoms with Crippen LogP contribution in [0.4, 0.5) is 0 Å². The molecule has 1 unspecified atom stereocenters. The number of benzene rings is 1. The maximum absolute atomic E-state index is 9.74. The number of nitrogens with one attached hydrogen (secondary N) is 1. The summed E-state index contributed by atoms with van der Waals surface area (Å²) in [5, 5.41) is 13.1. The lowest BCUT2D eigenvalue weighted by atomic mass is 9.94. The van der Waals surface area contributed by atoms with Crippen molar-refractivity contribution in [1.29, 1.82) is 0 Å². The molecule has 1 aromatic rings. The zero-order valence-corrected chi connectivity index (χ0v) is 10.2. The number of hydrogen-bond donors (Lipinski definition) is 2. The van der Waals surface area contributed by atoms with Gasteiger partial charge in [0.1, 0.15) is 0 Å². The van der Waals surface area contributed by atoms with E-state index in [-0.39, 0.29) is 0 Å². The minimum Gasteiger partial charge on any atom is -0.390 e. The molecule has 88 valence electrons. The molecule has 2 rings (SSSR count). The van der Waals surface area contributed by atoms with Crippen LogP contribution in [-0.2, 0) is 6.42 Å². The maximum atomic E-state index is 9.74. The first-order valence-corrected chi connectivity index (χ1v) is 6.06. The molecule has 2 heteroatoms. The van der Waals surface area contributed by atoms with Gasteiger partial charge in [0.25, 0.3) is 0 Å². The van der Waals surface area contributed by atoms with E-state index in [1.54, 1.807) is 0 Å². The van der Waals surface area contributed by atoms with Crippen molar-refractivity contribution in [3.05, 3.63) is 35.4 Å². The van der Waals surface area contributed by atoms with Gasteiger partial charge >= 0.3 is 0 Å². The highest BCUT2D eigenvalue weighted by Gasteiger charge is 2.17. The fourth-order valence-electron chi connectivity index (χ4n) is 2.35. The molecule has 1 aliphatic rings. The van der Waals surface area contributed by atoms with Crippen molar-refractivity contribution in [2.75, 3.05) is 13.1 Å². The molecule has 2 N–H and O–H groups in total. The lowest BCUT2D eigenvalue weighted by Crippen LogP contribution is -2.21. The van der Waals surface area contributed by atoms with Crippen molar-refractivity contribution in [2.24, 2.45) is 0 Å². The van der Waals surface area contributed by atoms with Crippen LogP contribution < -0.4 is 5.32 Å². The Kier molecular flexibility index (Phi) is 3.31. The highest BCUT2D eigenvalue weighted by atomic mass is 16.3. The van der Waals surface area contributed by atoms with Crippen LogP contribution in [0.5, 0.6) is 0 Å². The monoisotopic (exact) mass is 219 g/mol. The molecule has 16 heavy (non-hydrogen) atoms. The van der Waals surface area contributed by atoms with Crippen LogP contribution in [0.2, 0.25) is 0 Å². The van der Waals surface area contributed by atoms with E-state index in [0.29, 0.717) is 5.92 Å². The van der Waals surface area contributed by atoms with Gasteiger partial charge in [-0.05, 0) is 43.9 Å². The molecule has 1 heterocycles. The third-order valence-corrected chi connectivity index (χ3v) is 3.15. The van der Waals surface area contributed by atoms with Gasteiger partial charge in [-0.2, -0.15) is 0 Å². The molecule has 1 atom stereocenters. The Balaban J connectivity index is 2.04. The van der Waals surface area contributed by atoms with Crippen LogP contribution in [-0.4, -0.2) is 23.8 Å². The Labute approximate surface area is 97.7 Å². The molecule has 0 radical (unpaired) electrons. The Bertz CT molecular complexity index is 331. The van der Waals surface area contributed by atoms with Crippen LogP contribution in [0.1, 0.15) is 37.3 Å². The molecule has 1 aromatic carbocycles. The van der Waals surface area contributed by atoms with Crippen molar-refractivity contribution in [2.45, 2.75) is 38.2 Å². The molecule has 0 spiro atoms. The Morgan fingerprint density at radius 2 is 2.00 bits per heavy atom. The van der Waals surface area contributed by atoms with Crippen molar-refractivity contribution >= 4 is 0 Å². The predicted octanol–water partition coefficient (Wildman–Crippen LogP) is 2.08. The van der Waals surface area contributed by atoms with Gasteiger partial charge in [0.15, 0.2) is 0 Å². The van der Waals surface area contributed by atoms with E-state index in [9.17, 15) is 5.11 Å². The first-order chi connectivity index (χ1) is 7.54. The van der Waals surface area contributed by atoms with Crippen LogP contribution >= 0.6 is 0 Å². The molecule has 0 saturated carbocycles. The Morgan fingerprint density at radius 3 is 2.50 bits per heavy atom. The van der Waals surface area contributed by atoms with Crippen LogP contribution in [0.25, 0.3) is 0 Å². The summed E-state index contributed by atoms with van der Waals surface area (Å²) in [6.45, 7) is 5.94. The van der Waals surface area contributed by atoms with E-state index >= 15 is 0 Å². The van der Waals surface area contributed by atoms with Gasteiger partial charge in [-0.15, -0.1) is 0 Å². The summed E-state index contributed by atoms with van der Waals surface area (Å²) in [5.74, 6) is 0.677.